The molecule has 0 unspecified atom stereocenters. The Bertz CT molecular complexity index is 379. The summed E-state index contributed by atoms with van der Waals surface area (Å²) in [6.07, 6.45) is 3.53. The summed E-state index contributed by atoms with van der Waals surface area (Å²) < 4.78 is 0. The zero-order chi connectivity index (χ0) is 12.8. The predicted molar refractivity (Wildman–Crippen MR) is 70.4 cm³/mol. The van der Waals surface area contributed by atoms with Crippen LogP contribution in [-0.2, 0) is 4.79 Å². The molecule has 5 nitrogen and oxygen atoms in total. The number of hydrogen-bond donors (Lipinski definition) is 1. The smallest absolute Gasteiger partial charge is 0.241 e. The molecule has 0 aromatic carbocycles. The third kappa shape index (κ3) is 3.62. The van der Waals surface area contributed by atoms with Gasteiger partial charge in [-0.2, -0.15) is 0 Å². The predicted octanol–water partition coefficient (Wildman–Crippen LogP) is 1.04. The minimum atomic E-state index is 0.0849. The lowest BCUT2D eigenvalue weighted by molar-refractivity contribution is -0.127. The molecule has 0 aliphatic heterocycles. The zero-order valence-electron chi connectivity index (χ0n) is 10.9. The van der Waals surface area contributed by atoms with Gasteiger partial charge in [-0.05, 0) is 13.0 Å². The molecular formula is C12H20N4O. The number of nitrogens with zero attached hydrogens (tertiary/aromatic N) is 3. The molecule has 0 bridgehead atoms. The molecule has 1 amide bonds. The van der Waals surface area contributed by atoms with Gasteiger partial charge in [-0.1, -0.05) is 0 Å². The van der Waals surface area contributed by atoms with E-state index in [1.165, 1.54) is 0 Å². The molecule has 0 atom stereocenters. The maximum Gasteiger partial charge on any atom is 0.241 e. The lowest BCUT2D eigenvalue weighted by Gasteiger charge is -2.24. The molecule has 17 heavy (non-hydrogen) atoms. The van der Waals surface area contributed by atoms with Crippen molar-refractivity contribution in [1.82, 2.24) is 9.88 Å². The number of pyridine rings is 1. The Morgan fingerprint density at radius 2 is 2.12 bits per heavy atom. The quantitative estimate of drug-likeness (QED) is 0.830. The summed E-state index contributed by atoms with van der Waals surface area (Å²) in [5.74, 6) is 0.0849. The first-order valence-electron chi connectivity index (χ1n) is 5.66. The van der Waals surface area contributed by atoms with E-state index >= 15 is 0 Å². The van der Waals surface area contributed by atoms with Gasteiger partial charge in [-0.3, -0.25) is 9.78 Å². The zero-order valence-corrected chi connectivity index (χ0v) is 10.9. The standard InChI is InChI=1S/C12H20N4O/c1-5-16(9-12(17)15(3)4)11-6-10(13-2)7-14-8-11/h6-8,13H,5,9H2,1-4H3. The van der Waals surface area contributed by atoms with Crippen molar-refractivity contribution in [3.8, 4) is 0 Å². The fourth-order valence-electron chi connectivity index (χ4n) is 1.43. The summed E-state index contributed by atoms with van der Waals surface area (Å²) in [5.41, 5.74) is 1.90. The van der Waals surface area contributed by atoms with Crippen molar-refractivity contribution in [2.75, 3.05) is 44.4 Å². The van der Waals surface area contributed by atoms with E-state index in [0.29, 0.717) is 6.54 Å². The fourth-order valence-corrected chi connectivity index (χ4v) is 1.43. The molecule has 0 radical (unpaired) electrons. The first-order chi connectivity index (χ1) is 8.08. The minimum absolute atomic E-state index is 0.0849. The van der Waals surface area contributed by atoms with Crippen molar-refractivity contribution in [2.45, 2.75) is 6.92 Å². The van der Waals surface area contributed by atoms with Gasteiger partial charge in [-0.15, -0.1) is 0 Å². The van der Waals surface area contributed by atoms with E-state index < -0.39 is 0 Å². The van der Waals surface area contributed by atoms with Gasteiger partial charge in [0.1, 0.15) is 0 Å². The Hall–Kier alpha value is -1.78. The van der Waals surface area contributed by atoms with E-state index in [-0.39, 0.29) is 5.91 Å². The molecule has 1 rings (SSSR count). The van der Waals surface area contributed by atoms with Crippen molar-refractivity contribution < 1.29 is 4.79 Å². The van der Waals surface area contributed by atoms with Gasteiger partial charge in [0, 0.05) is 27.7 Å². The number of aromatic nitrogens is 1. The van der Waals surface area contributed by atoms with Crippen LogP contribution >= 0.6 is 0 Å². The number of nitrogens with one attached hydrogen (secondary N) is 1. The Labute approximate surface area is 102 Å². The van der Waals surface area contributed by atoms with E-state index in [0.717, 1.165) is 17.9 Å². The summed E-state index contributed by atoms with van der Waals surface area (Å²) in [4.78, 5) is 19.4. The average molecular weight is 236 g/mol. The topological polar surface area (TPSA) is 48.5 Å². The maximum atomic E-state index is 11.7. The van der Waals surface area contributed by atoms with Crippen LogP contribution in [0.2, 0.25) is 0 Å². The highest BCUT2D eigenvalue weighted by Gasteiger charge is 2.11. The highest BCUT2D eigenvalue weighted by molar-refractivity contribution is 5.81. The third-order valence-electron chi connectivity index (χ3n) is 2.58. The number of amides is 1. The summed E-state index contributed by atoms with van der Waals surface area (Å²) in [6, 6.07) is 1.99. The molecule has 1 heterocycles. The van der Waals surface area contributed by atoms with Crippen LogP contribution in [-0.4, -0.2) is 50.0 Å². The number of rotatable bonds is 5. The summed E-state index contributed by atoms with van der Waals surface area (Å²) in [7, 11) is 5.37. The summed E-state index contributed by atoms with van der Waals surface area (Å²) >= 11 is 0. The van der Waals surface area contributed by atoms with Crippen molar-refractivity contribution >= 4 is 17.3 Å². The molecule has 5 heteroatoms. The molecule has 1 aromatic rings. The van der Waals surface area contributed by atoms with E-state index in [1.807, 2.05) is 24.9 Å². The Kier molecular flexibility index (Phi) is 4.75. The largest absolute Gasteiger partial charge is 0.387 e. The Morgan fingerprint density at radius 3 is 2.65 bits per heavy atom. The highest BCUT2D eigenvalue weighted by atomic mass is 16.2. The molecule has 0 spiro atoms. The van der Waals surface area contributed by atoms with E-state index in [4.69, 9.17) is 0 Å². The average Bonchev–Trinajstić information content (AvgIpc) is 2.35. The first-order valence-corrected chi connectivity index (χ1v) is 5.66. The molecular weight excluding hydrogens is 216 g/mol. The van der Waals surface area contributed by atoms with Crippen LogP contribution in [0.15, 0.2) is 18.5 Å². The maximum absolute atomic E-state index is 11.7. The van der Waals surface area contributed by atoms with Crippen LogP contribution in [0.3, 0.4) is 0 Å². The normalized spacial score (nSPS) is 9.88. The van der Waals surface area contributed by atoms with Gasteiger partial charge in [0.05, 0.1) is 30.3 Å². The van der Waals surface area contributed by atoms with Gasteiger partial charge >= 0.3 is 0 Å². The molecule has 0 saturated heterocycles. The number of anilines is 2. The van der Waals surface area contributed by atoms with Gasteiger partial charge < -0.3 is 15.1 Å². The number of carbonyl (C=O) groups is 1. The SMILES string of the molecule is CCN(CC(=O)N(C)C)c1cncc(NC)c1. The lowest BCUT2D eigenvalue weighted by Crippen LogP contribution is -2.36. The summed E-state index contributed by atoms with van der Waals surface area (Å²) in [5, 5.41) is 3.04. The lowest BCUT2D eigenvalue weighted by atomic mass is 10.3. The second-order valence-corrected chi connectivity index (χ2v) is 3.98. The van der Waals surface area contributed by atoms with Gasteiger partial charge in [-0.25, -0.2) is 0 Å². The third-order valence-corrected chi connectivity index (χ3v) is 2.58. The van der Waals surface area contributed by atoms with Crippen molar-refractivity contribution in [3.05, 3.63) is 18.5 Å². The summed E-state index contributed by atoms with van der Waals surface area (Å²) in [6.45, 7) is 3.17. The van der Waals surface area contributed by atoms with Gasteiger partial charge in [0.25, 0.3) is 0 Å². The van der Waals surface area contributed by atoms with Crippen molar-refractivity contribution in [2.24, 2.45) is 0 Å². The fraction of sp³-hybridized carbons (Fsp3) is 0.500. The molecule has 1 aromatic heterocycles. The van der Waals surface area contributed by atoms with Crippen LogP contribution in [0.25, 0.3) is 0 Å². The van der Waals surface area contributed by atoms with Crippen LogP contribution < -0.4 is 10.2 Å². The van der Waals surface area contributed by atoms with Gasteiger partial charge in [0.15, 0.2) is 0 Å². The Morgan fingerprint density at radius 1 is 1.41 bits per heavy atom. The van der Waals surface area contributed by atoms with E-state index in [2.05, 4.69) is 10.3 Å². The molecule has 0 fully saturated rings. The first kappa shape index (κ1) is 13.3. The van der Waals surface area contributed by atoms with E-state index in [1.54, 1.807) is 31.4 Å². The van der Waals surface area contributed by atoms with Crippen LogP contribution in [0.4, 0.5) is 11.4 Å². The molecule has 0 aliphatic carbocycles. The molecule has 94 valence electrons. The van der Waals surface area contributed by atoms with Gasteiger partial charge in [0.2, 0.25) is 5.91 Å². The second kappa shape index (κ2) is 6.08. The van der Waals surface area contributed by atoms with E-state index in [9.17, 15) is 4.79 Å². The van der Waals surface area contributed by atoms with Crippen LogP contribution in [0.5, 0.6) is 0 Å². The molecule has 0 saturated carbocycles. The minimum Gasteiger partial charge on any atom is -0.387 e. The number of likely N-dealkylation sites (N-methyl/N-ethyl adjacent to an activating group) is 2. The monoisotopic (exact) mass is 236 g/mol. The van der Waals surface area contributed by atoms with Crippen LogP contribution in [0, 0.1) is 0 Å². The Balaban J connectivity index is 2.82. The molecule has 1 N–H and O–H groups in total. The number of carbonyl (C=O) groups excluding carboxylic acids is 1. The second-order valence-electron chi connectivity index (χ2n) is 3.98. The van der Waals surface area contributed by atoms with Crippen LogP contribution in [0.1, 0.15) is 6.92 Å². The van der Waals surface area contributed by atoms with Crippen molar-refractivity contribution in [3.63, 3.8) is 0 Å². The molecule has 0 aliphatic rings. The highest BCUT2D eigenvalue weighted by Crippen LogP contribution is 2.17. The van der Waals surface area contributed by atoms with Crippen molar-refractivity contribution in [1.29, 1.82) is 0 Å². The number of hydrogen-bond acceptors (Lipinski definition) is 4.